The molecule has 1 fully saturated rings. The summed E-state index contributed by atoms with van der Waals surface area (Å²) in [5.74, 6) is -0.118. The van der Waals surface area contributed by atoms with Gasteiger partial charge in [-0.15, -0.1) is 0 Å². The predicted octanol–water partition coefficient (Wildman–Crippen LogP) is 0.753. The van der Waals surface area contributed by atoms with Gasteiger partial charge in [0.05, 0.1) is 13.5 Å². The number of hydrogen-bond donors (Lipinski definition) is 1. The summed E-state index contributed by atoms with van der Waals surface area (Å²) in [5.41, 5.74) is 5.59. The third-order valence-corrected chi connectivity index (χ3v) is 3.08. The summed E-state index contributed by atoms with van der Waals surface area (Å²) in [6.07, 6.45) is 5.29. The lowest BCUT2D eigenvalue weighted by molar-refractivity contribution is -0.141. The number of esters is 1. The molecule has 1 heterocycles. The molecule has 0 bridgehead atoms. The maximum atomic E-state index is 11.0. The van der Waals surface area contributed by atoms with Crippen molar-refractivity contribution in [2.24, 2.45) is 5.73 Å². The Bertz CT molecular complexity index is 195. The van der Waals surface area contributed by atoms with Crippen LogP contribution in [0.15, 0.2) is 0 Å². The fourth-order valence-corrected chi connectivity index (χ4v) is 2.21. The summed E-state index contributed by atoms with van der Waals surface area (Å²) in [6.45, 7) is 2.65. The quantitative estimate of drug-likeness (QED) is 0.686. The van der Waals surface area contributed by atoms with Gasteiger partial charge in [-0.25, -0.2) is 0 Å². The highest BCUT2D eigenvalue weighted by Crippen LogP contribution is 2.19. The van der Waals surface area contributed by atoms with Crippen LogP contribution < -0.4 is 5.73 Å². The van der Waals surface area contributed by atoms with Crippen molar-refractivity contribution in [1.82, 2.24) is 4.90 Å². The zero-order chi connectivity index (χ0) is 11.1. The van der Waals surface area contributed by atoms with Crippen molar-refractivity contribution in [2.75, 3.05) is 26.7 Å². The second kappa shape index (κ2) is 6.80. The molecular weight excluding hydrogens is 192 g/mol. The van der Waals surface area contributed by atoms with E-state index in [1.165, 1.54) is 26.4 Å². The third-order valence-electron chi connectivity index (χ3n) is 3.08. The monoisotopic (exact) mass is 214 g/mol. The number of likely N-dealkylation sites (tertiary alicyclic amines) is 1. The smallest absolute Gasteiger partial charge is 0.306 e. The summed E-state index contributed by atoms with van der Waals surface area (Å²) < 4.78 is 4.65. The van der Waals surface area contributed by atoms with Gasteiger partial charge in [-0.05, 0) is 32.4 Å². The number of methoxy groups -OCH3 is 1. The van der Waals surface area contributed by atoms with Crippen LogP contribution in [0.2, 0.25) is 0 Å². The van der Waals surface area contributed by atoms with Gasteiger partial charge in [0.25, 0.3) is 0 Å². The van der Waals surface area contributed by atoms with E-state index in [9.17, 15) is 4.79 Å². The first-order valence-corrected chi connectivity index (χ1v) is 5.79. The molecule has 15 heavy (non-hydrogen) atoms. The highest BCUT2D eigenvalue weighted by molar-refractivity contribution is 5.69. The largest absolute Gasteiger partial charge is 0.469 e. The van der Waals surface area contributed by atoms with Crippen LogP contribution in [0.1, 0.15) is 32.1 Å². The van der Waals surface area contributed by atoms with Crippen molar-refractivity contribution in [3.63, 3.8) is 0 Å². The van der Waals surface area contributed by atoms with Crippen LogP contribution in [0.25, 0.3) is 0 Å². The number of carbonyl (C=O) groups excluding carboxylic acids is 1. The normalized spacial score (nSPS) is 22.7. The van der Waals surface area contributed by atoms with Gasteiger partial charge in [-0.1, -0.05) is 6.42 Å². The Morgan fingerprint density at radius 3 is 3.00 bits per heavy atom. The molecule has 0 aromatic carbocycles. The first-order chi connectivity index (χ1) is 7.27. The maximum absolute atomic E-state index is 11.0. The molecule has 1 saturated heterocycles. The number of rotatable bonds is 5. The third kappa shape index (κ3) is 4.18. The summed E-state index contributed by atoms with van der Waals surface area (Å²) in [6, 6.07) is 0.577. The minimum atomic E-state index is -0.118. The molecule has 1 rings (SSSR count). The van der Waals surface area contributed by atoms with Crippen LogP contribution in [0, 0.1) is 0 Å². The molecule has 0 amide bonds. The van der Waals surface area contributed by atoms with Crippen molar-refractivity contribution in [2.45, 2.75) is 38.1 Å². The van der Waals surface area contributed by atoms with Crippen molar-refractivity contribution in [3.8, 4) is 0 Å². The van der Waals surface area contributed by atoms with Crippen LogP contribution in [-0.4, -0.2) is 43.7 Å². The molecule has 0 aliphatic carbocycles. The second-order valence-corrected chi connectivity index (χ2v) is 4.09. The number of hydrogen-bond acceptors (Lipinski definition) is 4. The van der Waals surface area contributed by atoms with Crippen molar-refractivity contribution in [1.29, 1.82) is 0 Å². The molecule has 1 aliphatic heterocycles. The zero-order valence-electron chi connectivity index (χ0n) is 9.58. The van der Waals surface area contributed by atoms with Crippen LogP contribution in [0.5, 0.6) is 0 Å². The lowest BCUT2D eigenvalue weighted by atomic mass is 9.99. The summed E-state index contributed by atoms with van der Waals surface area (Å²) >= 11 is 0. The molecule has 88 valence electrons. The Morgan fingerprint density at radius 2 is 2.33 bits per heavy atom. The van der Waals surface area contributed by atoms with Gasteiger partial charge in [-0.2, -0.15) is 0 Å². The van der Waals surface area contributed by atoms with E-state index in [4.69, 9.17) is 5.73 Å². The number of nitrogens with zero attached hydrogens (tertiary/aromatic N) is 1. The van der Waals surface area contributed by atoms with Crippen molar-refractivity contribution < 1.29 is 9.53 Å². The molecule has 4 heteroatoms. The maximum Gasteiger partial charge on any atom is 0.306 e. The van der Waals surface area contributed by atoms with Crippen LogP contribution in [-0.2, 0) is 9.53 Å². The molecule has 0 saturated carbocycles. The molecule has 1 atom stereocenters. The fraction of sp³-hybridized carbons (Fsp3) is 0.909. The number of carbonyl (C=O) groups is 1. The first-order valence-electron chi connectivity index (χ1n) is 5.79. The Balaban J connectivity index is 2.32. The van der Waals surface area contributed by atoms with Crippen LogP contribution >= 0.6 is 0 Å². The zero-order valence-corrected chi connectivity index (χ0v) is 9.58. The van der Waals surface area contributed by atoms with Gasteiger partial charge in [0.2, 0.25) is 0 Å². The Hall–Kier alpha value is -0.610. The topological polar surface area (TPSA) is 55.6 Å². The molecule has 4 nitrogen and oxygen atoms in total. The average Bonchev–Trinajstić information content (AvgIpc) is 2.28. The molecule has 1 aliphatic rings. The van der Waals surface area contributed by atoms with E-state index in [0.29, 0.717) is 12.5 Å². The van der Waals surface area contributed by atoms with Gasteiger partial charge in [0.1, 0.15) is 0 Å². The van der Waals surface area contributed by atoms with Crippen LogP contribution in [0.3, 0.4) is 0 Å². The molecule has 0 spiro atoms. The fourth-order valence-electron chi connectivity index (χ4n) is 2.21. The Labute approximate surface area is 91.8 Å². The van der Waals surface area contributed by atoms with Gasteiger partial charge in [0.15, 0.2) is 0 Å². The number of nitrogens with two attached hydrogens (primary N) is 1. The number of piperidine rings is 1. The first kappa shape index (κ1) is 12.5. The van der Waals surface area contributed by atoms with Gasteiger partial charge in [0, 0.05) is 12.6 Å². The highest BCUT2D eigenvalue weighted by Gasteiger charge is 2.21. The van der Waals surface area contributed by atoms with E-state index >= 15 is 0 Å². The molecular formula is C11H22N2O2. The standard InChI is InChI=1S/C11H22N2O2/c1-15-11(14)6-9-13-8-3-2-4-10(13)5-7-12/h10H,2-9,12H2,1H3. The lowest BCUT2D eigenvalue weighted by Crippen LogP contribution is -2.41. The molecule has 2 N–H and O–H groups in total. The van der Waals surface area contributed by atoms with E-state index in [2.05, 4.69) is 9.64 Å². The van der Waals surface area contributed by atoms with E-state index in [-0.39, 0.29) is 5.97 Å². The van der Waals surface area contributed by atoms with Crippen molar-refractivity contribution >= 4 is 5.97 Å². The highest BCUT2D eigenvalue weighted by atomic mass is 16.5. The molecule has 0 aromatic heterocycles. The predicted molar refractivity (Wildman–Crippen MR) is 59.5 cm³/mol. The van der Waals surface area contributed by atoms with E-state index < -0.39 is 0 Å². The van der Waals surface area contributed by atoms with Gasteiger partial charge in [-0.3, -0.25) is 9.69 Å². The van der Waals surface area contributed by atoms with E-state index in [1.807, 2.05) is 0 Å². The summed E-state index contributed by atoms with van der Waals surface area (Å²) in [4.78, 5) is 13.4. The SMILES string of the molecule is COC(=O)CCN1CCCCC1CCN. The van der Waals surface area contributed by atoms with Gasteiger partial charge >= 0.3 is 5.97 Å². The summed E-state index contributed by atoms with van der Waals surface area (Å²) in [5, 5.41) is 0. The molecule has 0 radical (unpaired) electrons. The van der Waals surface area contributed by atoms with Gasteiger partial charge < -0.3 is 10.5 Å². The minimum absolute atomic E-state index is 0.118. The van der Waals surface area contributed by atoms with Crippen molar-refractivity contribution in [3.05, 3.63) is 0 Å². The van der Waals surface area contributed by atoms with E-state index in [0.717, 1.165) is 26.1 Å². The molecule has 1 unspecified atom stereocenters. The lowest BCUT2D eigenvalue weighted by Gasteiger charge is -2.35. The molecule has 0 aromatic rings. The Kier molecular flexibility index (Phi) is 5.65. The van der Waals surface area contributed by atoms with E-state index in [1.54, 1.807) is 0 Å². The minimum Gasteiger partial charge on any atom is -0.469 e. The average molecular weight is 214 g/mol. The number of ether oxygens (including phenoxy) is 1. The summed E-state index contributed by atoms with van der Waals surface area (Å²) in [7, 11) is 1.44. The Morgan fingerprint density at radius 1 is 1.53 bits per heavy atom. The second-order valence-electron chi connectivity index (χ2n) is 4.09. The van der Waals surface area contributed by atoms with Crippen LogP contribution in [0.4, 0.5) is 0 Å².